The van der Waals surface area contributed by atoms with Gasteiger partial charge in [0.1, 0.15) is 0 Å². The molecule has 2 heteroatoms. The molecule has 0 aromatic rings. The van der Waals surface area contributed by atoms with Gasteiger partial charge in [-0.05, 0) is 25.8 Å². The summed E-state index contributed by atoms with van der Waals surface area (Å²) in [5, 5.41) is 0. The molecule has 0 aliphatic carbocycles. The van der Waals surface area contributed by atoms with Gasteiger partial charge in [0.05, 0.1) is 0 Å². The molecule has 2 unspecified atom stereocenters. The molecule has 1 saturated heterocycles. The van der Waals surface area contributed by atoms with Crippen molar-refractivity contribution in [2.75, 3.05) is 13.6 Å². The van der Waals surface area contributed by atoms with Crippen LogP contribution in [0.15, 0.2) is 0 Å². The molecule has 1 fully saturated rings. The summed E-state index contributed by atoms with van der Waals surface area (Å²) in [4.78, 5) is 2.39. The predicted molar refractivity (Wildman–Crippen MR) is 48.5 cm³/mol. The second-order valence-corrected chi connectivity index (χ2v) is 4.22. The molecule has 0 aromatic heterocycles. The van der Waals surface area contributed by atoms with Crippen LogP contribution in [0.5, 0.6) is 0 Å². The van der Waals surface area contributed by atoms with Crippen molar-refractivity contribution < 1.29 is 0 Å². The maximum Gasteiger partial charge on any atom is 0.0182 e. The highest BCUT2D eigenvalue weighted by Gasteiger charge is 2.26. The summed E-state index contributed by atoms with van der Waals surface area (Å²) >= 11 is 0. The molecule has 0 aromatic carbocycles. The highest BCUT2D eigenvalue weighted by molar-refractivity contribution is 4.85. The van der Waals surface area contributed by atoms with Gasteiger partial charge in [-0.25, -0.2) is 0 Å². The van der Waals surface area contributed by atoms with Gasteiger partial charge in [-0.3, -0.25) is 0 Å². The molecule has 1 aliphatic heterocycles. The lowest BCUT2D eigenvalue weighted by Crippen LogP contribution is -2.27. The molecule has 0 amide bonds. The van der Waals surface area contributed by atoms with E-state index >= 15 is 0 Å². The zero-order chi connectivity index (χ0) is 8.43. The SMILES string of the molecule is CC(C)CC1CC(N)CN1C. The van der Waals surface area contributed by atoms with Crippen molar-refractivity contribution in [3.63, 3.8) is 0 Å². The van der Waals surface area contributed by atoms with Crippen LogP contribution in [0.25, 0.3) is 0 Å². The predicted octanol–water partition coefficient (Wildman–Crippen LogP) is 1.06. The Morgan fingerprint density at radius 2 is 2.18 bits per heavy atom. The molecule has 0 radical (unpaired) electrons. The van der Waals surface area contributed by atoms with Crippen LogP contribution in [-0.2, 0) is 0 Å². The topological polar surface area (TPSA) is 29.3 Å². The quantitative estimate of drug-likeness (QED) is 0.648. The van der Waals surface area contributed by atoms with E-state index in [1.807, 2.05) is 0 Å². The van der Waals surface area contributed by atoms with Crippen LogP contribution in [0.2, 0.25) is 0 Å². The molecule has 1 rings (SSSR count). The fourth-order valence-corrected chi connectivity index (χ4v) is 1.94. The van der Waals surface area contributed by atoms with E-state index in [9.17, 15) is 0 Å². The Bertz CT molecular complexity index is 123. The van der Waals surface area contributed by atoms with Crippen molar-refractivity contribution in [3.8, 4) is 0 Å². The third kappa shape index (κ3) is 2.46. The molecule has 2 nitrogen and oxygen atoms in total. The first-order chi connectivity index (χ1) is 5.09. The first-order valence-electron chi connectivity index (χ1n) is 4.55. The molecule has 2 atom stereocenters. The average molecular weight is 156 g/mol. The molecular formula is C9H20N2. The van der Waals surface area contributed by atoms with Crippen LogP contribution in [0.4, 0.5) is 0 Å². The summed E-state index contributed by atoms with van der Waals surface area (Å²) in [5.41, 5.74) is 5.85. The van der Waals surface area contributed by atoms with Gasteiger partial charge in [0.2, 0.25) is 0 Å². The number of likely N-dealkylation sites (tertiary alicyclic amines) is 1. The summed E-state index contributed by atoms with van der Waals surface area (Å²) in [6, 6.07) is 1.16. The van der Waals surface area contributed by atoms with Crippen LogP contribution in [0, 0.1) is 5.92 Å². The first kappa shape index (κ1) is 9.01. The van der Waals surface area contributed by atoms with Crippen molar-refractivity contribution in [1.82, 2.24) is 4.90 Å². The van der Waals surface area contributed by atoms with Crippen LogP contribution >= 0.6 is 0 Å². The minimum absolute atomic E-state index is 0.420. The van der Waals surface area contributed by atoms with Crippen molar-refractivity contribution in [2.45, 2.75) is 38.8 Å². The number of rotatable bonds is 2. The normalized spacial score (nSPS) is 33.5. The van der Waals surface area contributed by atoms with Crippen LogP contribution in [0.3, 0.4) is 0 Å². The van der Waals surface area contributed by atoms with E-state index in [1.54, 1.807) is 0 Å². The van der Waals surface area contributed by atoms with Crippen molar-refractivity contribution in [1.29, 1.82) is 0 Å². The van der Waals surface area contributed by atoms with Gasteiger partial charge in [0.15, 0.2) is 0 Å². The number of likely N-dealkylation sites (N-methyl/N-ethyl adjacent to an activating group) is 1. The molecule has 66 valence electrons. The highest BCUT2D eigenvalue weighted by Crippen LogP contribution is 2.20. The smallest absolute Gasteiger partial charge is 0.0182 e. The Balaban J connectivity index is 2.34. The van der Waals surface area contributed by atoms with Gasteiger partial charge in [-0.15, -0.1) is 0 Å². The number of hydrogen-bond donors (Lipinski definition) is 1. The monoisotopic (exact) mass is 156 g/mol. The second-order valence-electron chi connectivity index (χ2n) is 4.22. The standard InChI is InChI=1S/C9H20N2/c1-7(2)4-9-5-8(10)6-11(9)3/h7-9H,4-6,10H2,1-3H3. The highest BCUT2D eigenvalue weighted by atomic mass is 15.2. The molecule has 1 aliphatic rings. The van der Waals surface area contributed by atoms with E-state index in [-0.39, 0.29) is 0 Å². The Morgan fingerprint density at radius 3 is 2.55 bits per heavy atom. The molecule has 0 bridgehead atoms. The van der Waals surface area contributed by atoms with Crippen LogP contribution in [-0.4, -0.2) is 30.6 Å². The minimum atomic E-state index is 0.420. The number of nitrogens with zero attached hydrogens (tertiary/aromatic N) is 1. The summed E-state index contributed by atoms with van der Waals surface area (Å²) in [6.45, 7) is 5.63. The Morgan fingerprint density at radius 1 is 1.55 bits per heavy atom. The van der Waals surface area contributed by atoms with E-state index in [4.69, 9.17) is 5.73 Å². The van der Waals surface area contributed by atoms with E-state index in [2.05, 4.69) is 25.8 Å². The van der Waals surface area contributed by atoms with Crippen molar-refractivity contribution in [3.05, 3.63) is 0 Å². The van der Waals surface area contributed by atoms with Gasteiger partial charge < -0.3 is 10.6 Å². The fourth-order valence-electron chi connectivity index (χ4n) is 1.94. The van der Waals surface area contributed by atoms with Gasteiger partial charge in [-0.1, -0.05) is 13.8 Å². The number of nitrogens with two attached hydrogens (primary N) is 1. The molecule has 0 spiro atoms. The molecular weight excluding hydrogens is 136 g/mol. The Kier molecular flexibility index (Phi) is 2.90. The van der Waals surface area contributed by atoms with E-state index in [0.717, 1.165) is 18.5 Å². The lowest BCUT2D eigenvalue weighted by Gasteiger charge is -2.20. The maximum atomic E-state index is 5.85. The zero-order valence-electron chi connectivity index (χ0n) is 7.88. The van der Waals surface area contributed by atoms with Crippen LogP contribution in [0.1, 0.15) is 26.7 Å². The van der Waals surface area contributed by atoms with Gasteiger partial charge in [0, 0.05) is 18.6 Å². The molecule has 0 saturated carbocycles. The van der Waals surface area contributed by atoms with Gasteiger partial charge in [0.25, 0.3) is 0 Å². The van der Waals surface area contributed by atoms with Gasteiger partial charge >= 0.3 is 0 Å². The lowest BCUT2D eigenvalue weighted by atomic mass is 10.0. The van der Waals surface area contributed by atoms with E-state index in [0.29, 0.717) is 6.04 Å². The van der Waals surface area contributed by atoms with Gasteiger partial charge in [-0.2, -0.15) is 0 Å². The maximum absolute atomic E-state index is 5.85. The average Bonchev–Trinajstić information content (AvgIpc) is 2.09. The third-order valence-electron chi connectivity index (χ3n) is 2.46. The third-order valence-corrected chi connectivity index (χ3v) is 2.46. The summed E-state index contributed by atoms with van der Waals surface area (Å²) < 4.78 is 0. The fraction of sp³-hybridized carbons (Fsp3) is 1.00. The Labute approximate surface area is 69.8 Å². The van der Waals surface area contributed by atoms with Crippen LogP contribution < -0.4 is 5.73 Å². The molecule has 2 N–H and O–H groups in total. The zero-order valence-corrected chi connectivity index (χ0v) is 7.88. The van der Waals surface area contributed by atoms with E-state index in [1.165, 1.54) is 12.8 Å². The largest absolute Gasteiger partial charge is 0.326 e. The summed E-state index contributed by atoms with van der Waals surface area (Å²) in [6.07, 6.45) is 2.49. The minimum Gasteiger partial charge on any atom is -0.326 e. The van der Waals surface area contributed by atoms with Crippen molar-refractivity contribution in [2.24, 2.45) is 11.7 Å². The molecule has 1 heterocycles. The Hall–Kier alpha value is -0.0800. The number of hydrogen-bond acceptors (Lipinski definition) is 2. The summed E-state index contributed by atoms with van der Waals surface area (Å²) in [5.74, 6) is 0.799. The first-order valence-corrected chi connectivity index (χ1v) is 4.55. The van der Waals surface area contributed by atoms with E-state index < -0.39 is 0 Å². The van der Waals surface area contributed by atoms with Crippen molar-refractivity contribution >= 4 is 0 Å². The lowest BCUT2D eigenvalue weighted by molar-refractivity contribution is 0.272. The summed E-state index contributed by atoms with van der Waals surface area (Å²) in [7, 11) is 2.18. The molecule has 11 heavy (non-hydrogen) atoms. The second kappa shape index (κ2) is 3.55.